The van der Waals surface area contributed by atoms with Gasteiger partial charge in [0.25, 0.3) is 5.78 Å². The van der Waals surface area contributed by atoms with Crippen LogP contribution in [-0.4, -0.2) is 36.0 Å². The largest absolute Gasteiger partial charge is 0.481 e. The summed E-state index contributed by atoms with van der Waals surface area (Å²) in [5.41, 5.74) is 1.02. The molecule has 1 heterocycles. The number of nitrogens with one attached hydrogen (secondary N) is 1. The Kier molecular flexibility index (Phi) is 3.91. The first-order chi connectivity index (χ1) is 9.11. The summed E-state index contributed by atoms with van der Waals surface area (Å²) in [6.45, 7) is 0.688. The van der Waals surface area contributed by atoms with Crippen molar-refractivity contribution < 1.29 is 19.5 Å². The van der Waals surface area contributed by atoms with Gasteiger partial charge in [-0.05, 0) is 25.1 Å². The smallest absolute Gasteiger partial charge is 0.303 e. The van der Waals surface area contributed by atoms with E-state index in [0.717, 1.165) is 0 Å². The predicted molar refractivity (Wildman–Crippen MR) is 68.0 cm³/mol. The first-order valence-corrected chi connectivity index (χ1v) is 5.99. The Morgan fingerprint density at radius 3 is 2.74 bits per heavy atom. The summed E-state index contributed by atoms with van der Waals surface area (Å²) in [7, 11) is 0. The van der Waals surface area contributed by atoms with Crippen molar-refractivity contribution in [2.45, 2.75) is 12.8 Å². The van der Waals surface area contributed by atoms with Crippen molar-refractivity contribution in [3.63, 3.8) is 0 Å². The number of fused-ring (bicyclic) bond motifs is 1. The third-order valence-electron chi connectivity index (χ3n) is 2.89. The highest BCUT2D eigenvalue weighted by Gasteiger charge is 2.34. The first-order valence-electron chi connectivity index (χ1n) is 5.99. The van der Waals surface area contributed by atoms with E-state index in [-0.39, 0.29) is 13.1 Å². The lowest BCUT2D eigenvalue weighted by Gasteiger charge is -2.16. The number of ketones is 1. The lowest BCUT2D eigenvalue weighted by Crippen LogP contribution is -2.38. The van der Waals surface area contributed by atoms with Crippen LogP contribution in [0.1, 0.15) is 23.2 Å². The molecule has 6 heteroatoms. The van der Waals surface area contributed by atoms with E-state index < -0.39 is 17.7 Å². The molecular weight excluding hydrogens is 248 g/mol. The minimum atomic E-state index is -0.848. The zero-order valence-corrected chi connectivity index (χ0v) is 10.3. The molecule has 1 amide bonds. The number of carbonyl (C=O) groups is 3. The van der Waals surface area contributed by atoms with E-state index in [2.05, 4.69) is 5.32 Å². The second-order valence-corrected chi connectivity index (χ2v) is 4.23. The van der Waals surface area contributed by atoms with Crippen molar-refractivity contribution in [2.24, 2.45) is 0 Å². The van der Waals surface area contributed by atoms with Crippen LogP contribution in [-0.2, 0) is 9.59 Å². The molecular formula is C13H14N2O4. The number of hydrogen-bond donors (Lipinski definition) is 2. The maximum Gasteiger partial charge on any atom is 0.303 e. The minimum Gasteiger partial charge on any atom is -0.481 e. The van der Waals surface area contributed by atoms with Crippen molar-refractivity contribution in [3.05, 3.63) is 29.8 Å². The number of aliphatic carboxylic acids is 1. The molecule has 0 spiro atoms. The van der Waals surface area contributed by atoms with Crippen LogP contribution in [0.3, 0.4) is 0 Å². The Morgan fingerprint density at radius 2 is 2.00 bits per heavy atom. The van der Waals surface area contributed by atoms with Gasteiger partial charge in [0.05, 0.1) is 17.9 Å². The van der Waals surface area contributed by atoms with Crippen LogP contribution in [0.2, 0.25) is 0 Å². The third kappa shape index (κ3) is 2.79. The lowest BCUT2D eigenvalue weighted by atomic mass is 10.1. The highest BCUT2D eigenvalue weighted by molar-refractivity contribution is 6.52. The fourth-order valence-electron chi connectivity index (χ4n) is 1.96. The molecule has 0 aromatic heterocycles. The summed E-state index contributed by atoms with van der Waals surface area (Å²) in [5.74, 6) is -1.89. The van der Waals surface area contributed by atoms with Crippen molar-refractivity contribution in [1.82, 2.24) is 5.32 Å². The molecule has 2 N–H and O–H groups in total. The molecule has 1 aromatic carbocycles. The van der Waals surface area contributed by atoms with E-state index in [4.69, 9.17) is 5.11 Å². The number of Topliss-reactive ketones (excluding diaryl/α,β-unsaturated/α-hetero) is 1. The molecule has 19 heavy (non-hydrogen) atoms. The van der Waals surface area contributed by atoms with Gasteiger partial charge in [0, 0.05) is 6.42 Å². The second-order valence-electron chi connectivity index (χ2n) is 4.23. The van der Waals surface area contributed by atoms with Crippen molar-refractivity contribution >= 4 is 23.3 Å². The lowest BCUT2D eigenvalue weighted by molar-refractivity contribution is -0.137. The van der Waals surface area contributed by atoms with Crippen molar-refractivity contribution in [1.29, 1.82) is 0 Å². The van der Waals surface area contributed by atoms with Crippen LogP contribution in [0.4, 0.5) is 5.69 Å². The number of carboxylic acids is 1. The van der Waals surface area contributed by atoms with Crippen LogP contribution in [0.5, 0.6) is 0 Å². The molecule has 2 rings (SSSR count). The topological polar surface area (TPSA) is 86.7 Å². The maximum atomic E-state index is 11.8. The molecule has 1 aliphatic heterocycles. The molecule has 6 nitrogen and oxygen atoms in total. The molecule has 1 aliphatic rings. The molecule has 1 aromatic rings. The highest BCUT2D eigenvalue weighted by Crippen LogP contribution is 2.27. The van der Waals surface area contributed by atoms with E-state index in [1.807, 2.05) is 0 Å². The van der Waals surface area contributed by atoms with Gasteiger partial charge in [-0.1, -0.05) is 12.1 Å². The van der Waals surface area contributed by atoms with Gasteiger partial charge in [-0.25, -0.2) is 0 Å². The number of carboxylic acid groups (broad SMARTS) is 1. The molecule has 0 atom stereocenters. The van der Waals surface area contributed by atoms with E-state index in [0.29, 0.717) is 24.2 Å². The molecule has 0 radical (unpaired) electrons. The standard InChI is InChI=1S/C13H14N2O4/c16-11(17)6-3-7-14-8-15-10-5-2-1-4-9(10)12(18)13(15)19/h1-2,4-5,14H,3,6-8H2,(H,16,17). The highest BCUT2D eigenvalue weighted by atomic mass is 16.4. The molecule has 0 unspecified atom stereocenters. The van der Waals surface area contributed by atoms with Gasteiger partial charge < -0.3 is 5.11 Å². The van der Waals surface area contributed by atoms with Crippen LogP contribution >= 0.6 is 0 Å². The monoisotopic (exact) mass is 262 g/mol. The molecule has 0 saturated carbocycles. The number of carbonyl (C=O) groups excluding carboxylic acids is 2. The summed E-state index contributed by atoms with van der Waals surface area (Å²) in [6.07, 6.45) is 0.559. The van der Waals surface area contributed by atoms with Gasteiger partial charge in [0.2, 0.25) is 0 Å². The average molecular weight is 262 g/mol. The maximum absolute atomic E-state index is 11.8. The van der Waals surface area contributed by atoms with Crippen molar-refractivity contribution in [2.75, 3.05) is 18.1 Å². The Hall–Kier alpha value is -2.21. The molecule has 0 aliphatic carbocycles. The van der Waals surface area contributed by atoms with E-state index >= 15 is 0 Å². The average Bonchev–Trinajstić information content (AvgIpc) is 2.63. The Balaban J connectivity index is 1.92. The summed E-state index contributed by atoms with van der Waals surface area (Å²) < 4.78 is 0. The van der Waals surface area contributed by atoms with Gasteiger partial charge in [-0.3, -0.25) is 24.6 Å². The SMILES string of the molecule is O=C(O)CCCNCN1C(=O)C(=O)c2ccccc21. The number of amides is 1. The first kappa shape index (κ1) is 13.2. The fourth-order valence-corrected chi connectivity index (χ4v) is 1.96. The van der Waals surface area contributed by atoms with Crippen LogP contribution in [0.15, 0.2) is 24.3 Å². The van der Waals surface area contributed by atoms with Gasteiger partial charge in [-0.2, -0.15) is 0 Å². The minimum absolute atomic E-state index is 0.0798. The number of nitrogens with zero attached hydrogens (tertiary/aromatic N) is 1. The number of para-hydroxylation sites is 1. The summed E-state index contributed by atoms with van der Waals surface area (Å²) >= 11 is 0. The predicted octanol–water partition coefficient (Wildman–Crippen LogP) is 0.628. The van der Waals surface area contributed by atoms with Gasteiger partial charge in [-0.15, -0.1) is 0 Å². The summed E-state index contributed by atoms with van der Waals surface area (Å²) in [6, 6.07) is 6.83. The zero-order valence-electron chi connectivity index (χ0n) is 10.3. The van der Waals surface area contributed by atoms with Crippen molar-refractivity contribution in [3.8, 4) is 0 Å². The number of hydrogen-bond acceptors (Lipinski definition) is 4. The second kappa shape index (κ2) is 5.62. The van der Waals surface area contributed by atoms with E-state index in [1.54, 1.807) is 24.3 Å². The molecule has 0 saturated heterocycles. The van der Waals surface area contributed by atoms with Gasteiger partial charge in [0.1, 0.15) is 0 Å². The Bertz CT molecular complexity index is 527. The Morgan fingerprint density at radius 1 is 1.26 bits per heavy atom. The molecule has 0 bridgehead atoms. The molecule has 0 fully saturated rings. The number of benzene rings is 1. The quantitative estimate of drug-likeness (QED) is 0.580. The fraction of sp³-hybridized carbons (Fsp3) is 0.308. The van der Waals surface area contributed by atoms with Crippen LogP contribution in [0, 0.1) is 0 Å². The zero-order chi connectivity index (χ0) is 13.8. The van der Waals surface area contributed by atoms with Gasteiger partial charge in [0.15, 0.2) is 0 Å². The number of anilines is 1. The normalized spacial score (nSPS) is 13.8. The van der Waals surface area contributed by atoms with E-state index in [1.165, 1.54) is 4.90 Å². The van der Waals surface area contributed by atoms with Crippen LogP contribution < -0.4 is 10.2 Å². The summed E-state index contributed by atoms with van der Waals surface area (Å²) in [5, 5.41) is 11.5. The summed E-state index contributed by atoms with van der Waals surface area (Å²) in [4.78, 5) is 35.2. The Labute approximate surface area is 110 Å². The molecule has 100 valence electrons. The van der Waals surface area contributed by atoms with Crippen LogP contribution in [0.25, 0.3) is 0 Å². The van der Waals surface area contributed by atoms with Gasteiger partial charge >= 0.3 is 11.9 Å². The third-order valence-corrected chi connectivity index (χ3v) is 2.89. The number of rotatable bonds is 6. The van der Waals surface area contributed by atoms with E-state index in [9.17, 15) is 14.4 Å².